The number of ether oxygens (including phenoxy) is 1. The second-order valence-electron chi connectivity index (χ2n) is 10.2. The topological polar surface area (TPSA) is 101 Å². The minimum Gasteiger partial charge on any atom is -0.432 e. The first-order valence-corrected chi connectivity index (χ1v) is 16.1. The summed E-state index contributed by atoms with van der Waals surface area (Å²) in [5, 5.41) is 17.4. The highest BCUT2D eigenvalue weighted by atomic mass is 79.9. The largest absolute Gasteiger partial charge is 0.432 e. The van der Waals surface area contributed by atoms with Crippen molar-refractivity contribution in [3.05, 3.63) is 70.5 Å². The average Bonchev–Trinajstić information content (AvgIpc) is 3.47. The third-order valence-electron chi connectivity index (χ3n) is 7.47. The lowest BCUT2D eigenvalue weighted by Gasteiger charge is -2.32. The van der Waals surface area contributed by atoms with Gasteiger partial charge in [-0.05, 0) is 49.8 Å². The molecule has 0 radical (unpaired) electrons. The van der Waals surface area contributed by atoms with Crippen molar-refractivity contribution in [3.63, 3.8) is 0 Å². The van der Waals surface area contributed by atoms with Crippen LogP contribution in [0.2, 0.25) is 18.6 Å². The minimum atomic E-state index is -2.74. The summed E-state index contributed by atoms with van der Waals surface area (Å²) in [5.41, 5.74) is 1.80. The Labute approximate surface area is 220 Å². The molecule has 0 aliphatic carbocycles. The third-order valence-corrected chi connectivity index (χ3v) is 10.5. The van der Waals surface area contributed by atoms with Gasteiger partial charge in [0.15, 0.2) is 13.9 Å². The molecule has 0 unspecified atom stereocenters. The molecule has 8 nitrogen and oxygen atoms in total. The molecule has 1 spiro atoms. The molecule has 190 valence electrons. The number of benzene rings is 2. The molecule has 3 heterocycles. The van der Waals surface area contributed by atoms with Crippen LogP contribution in [0.3, 0.4) is 0 Å². The van der Waals surface area contributed by atoms with Gasteiger partial charge in [-0.3, -0.25) is 14.4 Å². The van der Waals surface area contributed by atoms with Crippen LogP contribution in [-0.2, 0) is 28.1 Å². The number of carbonyl (C=O) groups excluding carboxylic acids is 1. The Balaban J connectivity index is 1.54. The van der Waals surface area contributed by atoms with Crippen molar-refractivity contribution in [1.82, 2.24) is 15.0 Å². The van der Waals surface area contributed by atoms with E-state index in [1.54, 1.807) is 9.58 Å². The maximum Gasteiger partial charge on any atom is 0.268 e. The van der Waals surface area contributed by atoms with Crippen LogP contribution in [0.5, 0.6) is 0 Å². The fourth-order valence-corrected chi connectivity index (χ4v) is 8.98. The van der Waals surface area contributed by atoms with E-state index in [2.05, 4.69) is 26.2 Å². The zero-order chi connectivity index (χ0) is 25.7. The van der Waals surface area contributed by atoms with Crippen LogP contribution in [0.1, 0.15) is 24.6 Å². The van der Waals surface area contributed by atoms with E-state index < -0.39 is 13.9 Å². The number of nitrogens with zero attached hydrogens (tertiary/aromatic N) is 4. The second-order valence-corrected chi connectivity index (χ2v) is 15.1. The van der Waals surface area contributed by atoms with Gasteiger partial charge < -0.3 is 14.6 Å². The SMILES string of the molecule is C[C@H]1[C@H]([Si](C)(C)O)[C@@H](CCn2cc(CCO)nn2)O[C@]12C(=O)N(c1ccccc1)c1ccc(Br)cc12. The normalized spacial score (nSPS) is 25.7. The van der Waals surface area contributed by atoms with Gasteiger partial charge in [-0.15, -0.1) is 5.10 Å². The van der Waals surface area contributed by atoms with Crippen molar-refractivity contribution < 1.29 is 19.4 Å². The molecule has 2 aromatic carbocycles. The number of rotatable bonds is 7. The molecule has 5 rings (SSSR count). The van der Waals surface area contributed by atoms with Crippen LogP contribution in [0, 0.1) is 5.92 Å². The van der Waals surface area contributed by atoms with Gasteiger partial charge in [0.05, 0.1) is 17.5 Å². The van der Waals surface area contributed by atoms with Crippen molar-refractivity contribution in [2.45, 2.75) is 56.7 Å². The molecule has 0 bridgehead atoms. The summed E-state index contributed by atoms with van der Waals surface area (Å²) >= 11 is 3.60. The molecule has 1 aromatic heterocycles. The van der Waals surface area contributed by atoms with E-state index in [0.717, 1.165) is 27.1 Å². The van der Waals surface area contributed by atoms with E-state index in [1.807, 2.05) is 74.7 Å². The summed E-state index contributed by atoms with van der Waals surface area (Å²) in [4.78, 5) is 27.5. The number of hydrogen-bond donors (Lipinski definition) is 2. The maximum atomic E-state index is 14.3. The Hall–Kier alpha value is -2.37. The number of amides is 1. The molecule has 4 atom stereocenters. The number of aryl methyl sites for hydroxylation is 1. The summed E-state index contributed by atoms with van der Waals surface area (Å²) < 4.78 is 9.46. The number of carbonyl (C=O) groups is 1. The zero-order valence-corrected chi connectivity index (χ0v) is 23.2. The minimum absolute atomic E-state index is 0.0197. The molecule has 0 saturated carbocycles. The summed E-state index contributed by atoms with van der Waals surface area (Å²) in [6.07, 6.45) is 2.53. The summed E-state index contributed by atoms with van der Waals surface area (Å²) in [6, 6.07) is 15.5. The Morgan fingerprint density at radius 2 is 1.94 bits per heavy atom. The highest BCUT2D eigenvalue weighted by Gasteiger charge is 2.66. The van der Waals surface area contributed by atoms with E-state index in [-0.39, 0.29) is 30.1 Å². The molecular weight excluding hydrogens is 540 g/mol. The predicted octanol–water partition coefficient (Wildman–Crippen LogP) is 4.14. The molecule has 2 N–H and O–H groups in total. The van der Waals surface area contributed by atoms with Crippen molar-refractivity contribution in [2.24, 2.45) is 5.92 Å². The van der Waals surface area contributed by atoms with Gasteiger partial charge in [-0.2, -0.15) is 0 Å². The molecule has 36 heavy (non-hydrogen) atoms. The lowest BCUT2D eigenvalue weighted by molar-refractivity contribution is -0.145. The number of hydrogen-bond acceptors (Lipinski definition) is 6. The first-order valence-electron chi connectivity index (χ1n) is 12.3. The van der Waals surface area contributed by atoms with Crippen LogP contribution in [0.25, 0.3) is 0 Å². The monoisotopic (exact) mass is 570 g/mol. The highest BCUT2D eigenvalue weighted by molar-refractivity contribution is 9.10. The first kappa shape index (κ1) is 25.3. The molecule has 1 amide bonds. The van der Waals surface area contributed by atoms with Crippen LogP contribution >= 0.6 is 15.9 Å². The fraction of sp³-hybridized carbons (Fsp3) is 0.423. The molecule has 1 saturated heterocycles. The van der Waals surface area contributed by atoms with E-state index in [9.17, 15) is 14.7 Å². The van der Waals surface area contributed by atoms with E-state index in [0.29, 0.717) is 19.4 Å². The fourth-order valence-electron chi connectivity index (χ4n) is 6.01. The summed E-state index contributed by atoms with van der Waals surface area (Å²) in [5.74, 6) is -0.352. The van der Waals surface area contributed by atoms with Gasteiger partial charge in [-0.1, -0.05) is 46.3 Å². The molecular formula is C26H31BrN4O4Si. The lowest BCUT2D eigenvalue weighted by atomic mass is 9.82. The number of aliphatic hydroxyl groups excluding tert-OH is 1. The van der Waals surface area contributed by atoms with Gasteiger partial charge in [0.1, 0.15) is 0 Å². The molecule has 3 aromatic rings. The molecule has 2 aliphatic rings. The van der Waals surface area contributed by atoms with Crippen molar-refractivity contribution in [2.75, 3.05) is 11.5 Å². The first-order chi connectivity index (χ1) is 17.2. The van der Waals surface area contributed by atoms with Crippen LogP contribution in [0.4, 0.5) is 11.4 Å². The van der Waals surface area contributed by atoms with Crippen molar-refractivity contribution in [1.29, 1.82) is 0 Å². The molecule has 10 heteroatoms. The number of fused-ring (bicyclic) bond motifs is 2. The highest BCUT2D eigenvalue weighted by Crippen LogP contribution is 2.60. The number of para-hydroxylation sites is 1. The van der Waals surface area contributed by atoms with Gasteiger partial charge in [0.2, 0.25) is 0 Å². The number of aliphatic hydroxyl groups is 1. The summed E-state index contributed by atoms with van der Waals surface area (Å²) in [7, 11) is -2.74. The Bertz CT molecular complexity index is 1260. The number of halogens is 1. The van der Waals surface area contributed by atoms with E-state index in [1.165, 1.54) is 0 Å². The van der Waals surface area contributed by atoms with Gasteiger partial charge >= 0.3 is 0 Å². The van der Waals surface area contributed by atoms with Gasteiger partial charge in [-0.25, -0.2) is 0 Å². The maximum absolute atomic E-state index is 14.3. The van der Waals surface area contributed by atoms with Crippen LogP contribution < -0.4 is 4.90 Å². The smallest absolute Gasteiger partial charge is 0.268 e. The van der Waals surface area contributed by atoms with E-state index >= 15 is 0 Å². The Morgan fingerprint density at radius 1 is 1.19 bits per heavy atom. The summed E-state index contributed by atoms with van der Waals surface area (Å²) in [6.45, 7) is 6.45. The van der Waals surface area contributed by atoms with Crippen molar-refractivity contribution in [3.8, 4) is 0 Å². The number of aromatic nitrogens is 3. The molecule has 1 fully saturated rings. The van der Waals surface area contributed by atoms with Crippen LogP contribution in [-0.4, -0.2) is 51.8 Å². The quantitative estimate of drug-likeness (QED) is 0.414. The lowest BCUT2D eigenvalue weighted by Crippen LogP contribution is -2.45. The Morgan fingerprint density at radius 3 is 2.64 bits per heavy atom. The third kappa shape index (κ3) is 4.14. The van der Waals surface area contributed by atoms with Crippen LogP contribution in [0.15, 0.2) is 59.2 Å². The zero-order valence-electron chi connectivity index (χ0n) is 20.6. The predicted molar refractivity (Wildman–Crippen MR) is 142 cm³/mol. The Kier molecular flexibility index (Phi) is 6.67. The van der Waals surface area contributed by atoms with Gasteiger partial charge in [0, 0.05) is 53.0 Å². The van der Waals surface area contributed by atoms with Gasteiger partial charge in [0.25, 0.3) is 5.91 Å². The second kappa shape index (κ2) is 9.49. The molecule has 2 aliphatic heterocycles. The number of anilines is 2. The average molecular weight is 572 g/mol. The van der Waals surface area contributed by atoms with E-state index in [4.69, 9.17) is 4.74 Å². The standard InChI is InChI=1S/C26H31BrN4O4Si/c1-17-24(36(2,3)34)23(11-13-30-16-19(12-14-32)28-29-30)35-26(17)21-15-18(27)9-10-22(21)31(25(26)33)20-7-5-4-6-8-20/h4-10,15-17,23-24,32,34H,11-14H2,1-3H3/t17-,23+,24-,26+/m0/s1. The van der Waals surface area contributed by atoms with Crippen molar-refractivity contribution >= 4 is 41.5 Å².